The summed E-state index contributed by atoms with van der Waals surface area (Å²) < 4.78 is 4.54. The lowest BCUT2D eigenvalue weighted by molar-refractivity contribution is 0.952. The topological polar surface area (TPSA) is 35.6 Å². The van der Waals surface area contributed by atoms with Gasteiger partial charge in [0, 0.05) is 33.2 Å². The van der Waals surface area contributed by atoms with Crippen LogP contribution in [0.2, 0.25) is 0 Å². The predicted octanol–water partition coefficient (Wildman–Crippen LogP) is 9.72. The fraction of sp³-hybridized carbons (Fsp3) is 0. The van der Waals surface area contributed by atoms with Crippen molar-refractivity contribution in [3.8, 4) is 23.0 Å². The number of hydrogen-bond acceptors (Lipinski definition) is 2. The van der Waals surface area contributed by atoms with Crippen LogP contribution in [0.25, 0.3) is 66.6 Å². The van der Waals surface area contributed by atoms with Crippen molar-refractivity contribution in [1.82, 2.24) is 19.1 Å². The van der Waals surface area contributed by atoms with E-state index in [1.54, 1.807) is 0 Å². The average Bonchev–Trinajstić information content (AvgIpc) is 3.81. The van der Waals surface area contributed by atoms with E-state index in [2.05, 4.69) is 221 Å². The van der Waals surface area contributed by atoms with E-state index in [-0.39, 0.29) is 0 Å². The number of rotatable bonds is 7. The molecule has 11 aromatic rings. The Hall–Kier alpha value is -7.34. The first-order valence-corrected chi connectivity index (χ1v) is 21.4. The number of hydrogen-bond donors (Lipinski definition) is 0. The maximum absolute atomic E-state index is 5.48. The molecular weight excluding hydrogens is 709 g/mol. The zero-order chi connectivity index (χ0) is 37.8. The minimum atomic E-state index is -2.77. The van der Waals surface area contributed by atoms with Gasteiger partial charge in [-0.2, -0.15) is 4.98 Å². The van der Waals surface area contributed by atoms with Crippen LogP contribution < -0.4 is 20.7 Å². The second-order valence-electron chi connectivity index (χ2n) is 14.6. The third-order valence-electron chi connectivity index (χ3n) is 11.5. The first-order valence-electron chi connectivity index (χ1n) is 19.4. The van der Waals surface area contributed by atoms with Gasteiger partial charge in [-0.3, -0.25) is 9.13 Å². The maximum Gasteiger partial charge on any atom is 0.237 e. The summed E-state index contributed by atoms with van der Waals surface area (Å²) in [5, 5.41) is 10.1. The highest BCUT2D eigenvalue weighted by Gasteiger charge is 2.41. The Morgan fingerprint density at radius 1 is 0.316 bits per heavy atom. The molecule has 0 fully saturated rings. The molecule has 0 N–H and O–H groups in total. The summed E-state index contributed by atoms with van der Waals surface area (Å²) >= 11 is 0. The summed E-state index contributed by atoms with van der Waals surface area (Å²) in [7, 11) is -2.77. The molecule has 3 aromatic heterocycles. The van der Waals surface area contributed by atoms with E-state index in [0.717, 1.165) is 39.1 Å². The zero-order valence-electron chi connectivity index (χ0n) is 31.1. The Morgan fingerprint density at radius 2 is 0.737 bits per heavy atom. The lowest BCUT2D eigenvalue weighted by atomic mass is 10.1. The van der Waals surface area contributed by atoms with Gasteiger partial charge in [0.05, 0.1) is 27.8 Å². The fourth-order valence-electron chi connectivity index (χ4n) is 9.05. The number of nitrogens with zero attached hydrogens (tertiary/aromatic N) is 4. The molecule has 5 heteroatoms. The molecule has 0 saturated carbocycles. The Labute approximate surface area is 331 Å². The number of fused-ring (bicyclic) bond motifs is 6. The van der Waals surface area contributed by atoms with E-state index in [1.807, 2.05) is 6.07 Å². The summed E-state index contributed by atoms with van der Waals surface area (Å²) in [5.41, 5.74) is 6.25. The molecule has 3 heterocycles. The third kappa shape index (κ3) is 5.20. The van der Waals surface area contributed by atoms with Crippen molar-refractivity contribution in [2.45, 2.75) is 0 Å². The van der Waals surface area contributed by atoms with Crippen LogP contribution in [0, 0.1) is 0 Å². The molecule has 4 nitrogen and oxygen atoms in total. The van der Waals surface area contributed by atoms with Crippen LogP contribution in [-0.2, 0) is 0 Å². The number of para-hydroxylation sites is 3. The molecule has 0 aliphatic carbocycles. The molecule has 0 saturated heterocycles. The van der Waals surface area contributed by atoms with Crippen LogP contribution in [0.3, 0.4) is 0 Å². The molecule has 268 valence electrons. The summed E-state index contributed by atoms with van der Waals surface area (Å²) in [5.74, 6) is 1.45. The van der Waals surface area contributed by atoms with Gasteiger partial charge in [-0.25, -0.2) is 4.98 Å². The zero-order valence-corrected chi connectivity index (χ0v) is 32.1. The molecule has 0 amide bonds. The second-order valence-corrected chi connectivity index (χ2v) is 18.4. The molecule has 8 aromatic carbocycles. The van der Waals surface area contributed by atoms with E-state index >= 15 is 0 Å². The smallest absolute Gasteiger partial charge is 0.237 e. The van der Waals surface area contributed by atoms with Crippen molar-refractivity contribution >= 4 is 72.4 Å². The van der Waals surface area contributed by atoms with E-state index in [4.69, 9.17) is 9.97 Å². The van der Waals surface area contributed by atoms with E-state index < -0.39 is 8.07 Å². The minimum Gasteiger partial charge on any atom is -0.294 e. The Balaban J connectivity index is 1.21. The molecule has 57 heavy (non-hydrogen) atoms. The van der Waals surface area contributed by atoms with Gasteiger partial charge in [-0.15, -0.1) is 0 Å². The summed E-state index contributed by atoms with van der Waals surface area (Å²) in [6.07, 6.45) is 0. The highest BCUT2D eigenvalue weighted by molar-refractivity contribution is 7.20. The molecule has 0 radical (unpaired) electrons. The third-order valence-corrected chi connectivity index (χ3v) is 16.3. The van der Waals surface area contributed by atoms with Gasteiger partial charge >= 0.3 is 0 Å². The molecule has 0 bridgehead atoms. The average molecular weight is 745 g/mol. The molecular formula is C52H36N4Si. The van der Waals surface area contributed by atoms with Crippen LogP contribution in [0.15, 0.2) is 218 Å². The summed E-state index contributed by atoms with van der Waals surface area (Å²) in [6.45, 7) is 0. The number of aromatic nitrogens is 4. The highest BCUT2D eigenvalue weighted by atomic mass is 28.3. The van der Waals surface area contributed by atoms with Gasteiger partial charge < -0.3 is 0 Å². The lowest BCUT2D eigenvalue weighted by Crippen LogP contribution is -2.74. The monoisotopic (exact) mass is 744 g/mol. The molecule has 11 rings (SSSR count). The van der Waals surface area contributed by atoms with Crippen LogP contribution in [-0.4, -0.2) is 27.2 Å². The normalized spacial score (nSPS) is 11.9. The molecule has 0 aliphatic heterocycles. The van der Waals surface area contributed by atoms with Gasteiger partial charge in [0.2, 0.25) is 5.95 Å². The van der Waals surface area contributed by atoms with Crippen molar-refractivity contribution in [3.63, 3.8) is 0 Å². The van der Waals surface area contributed by atoms with E-state index in [1.165, 1.54) is 42.3 Å². The highest BCUT2D eigenvalue weighted by Crippen LogP contribution is 2.35. The Kier molecular flexibility index (Phi) is 7.79. The standard InChI is InChI=1S/C52H36N4Si/c1-5-19-37(20-6-1)46-36-51(55-47-30-16-13-27-42(47)43-28-14-17-31-48(43)55)54-52(53-46)56-49-32-18-15-29-44(49)45-35-41(33-34-50(45)56)57(38-21-7-2-8-22-38,39-23-9-3-10-24-39)40-25-11-4-12-26-40/h1-36H. The molecule has 0 atom stereocenters. The van der Waals surface area contributed by atoms with Crippen LogP contribution in [0.4, 0.5) is 0 Å². The second kappa shape index (κ2) is 13.4. The van der Waals surface area contributed by atoms with Gasteiger partial charge in [0.15, 0.2) is 8.07 Å². The fourth-order valence-corrected chi connectivity index (χ4v) is 13.8. The van der Waals surface area contributed by atoms with Crippen LogP contribution >= 0.6 is 0 Å². The van der Waals surface area contributed by atoms with Crippen molar-refractivity contribution in [3.05, 3.63) is 218 Å². The van der Waals surface area contributed by atoms with Gasteiger partial charge in [-0.1, -0.05) is 188 Å². The number of benzene rings is 8. The van der Waals surface area contributed by atoms with Crippen LogP contribution in [0.1, 0.15) is 0 Å². The van der Waals surface area contributed by atoms with Gasteiger partial charge in [-0.05, 0) is 45.0 Å². The first kappa shape index (κ1) is 33.0. The Morgan fingerprint density at radius 3 is 1.26 bits per heavy atom. The van der Waals surface area contributed by atoms with Gasteiger partial charge in [0.1, 0.15) is 5.82 Å². The predicted molar refractivity (Wildman–Crippen MR) is 240 cm³/mol. The summed E-state index contributed by atoms with van der Waals surface area (Å²) in [6, 6.07) is 78.9. The van der Waals surface area contributed by atoms with E-state index in [9.17, 15) is 0 Å². The van der Waals surface area contributed by atoms with Gasteiger partial charge in [0.25, 0.3) is 0 Å². The Bertz CT molecular complexity index is 3080. The molecule has 0 aliphatic rings. The largest absolute Gasteiger partial charge is 0.294 e. The van der Waals surface area contributed by atoms with Crippen molar-refractivity contribution in [1.29, 1.82) is 0 Å². The maximum atomic E-state index is 5.48. The lowest BCUT2D eigenvalue weighted by Gasteiger charge is -2.34. The summed E-state index contributed by atoms with van der Waals surface area (Å²) in [4.78, 5) is 10.9. The molecule has 0 spiro atoms. The first-order chi connectivity index (χ1) is 28.3. The van der Waals surface area contributed by atoms with Crippen molar-refractivity contribution in [2.75, 3.05) is 0 Å². The van der Waals surface area contributed by atoms with Crippen molar-refractivity contribution < 1.29 is 0 Å². The van der Waals surface area contributed by atoms with Crippen LogP contribution in [0.5, 0.6) is 0 Å². The van der Waals surface area contributed by atoms with E-state index in [0.29, 0.717) is 5.95 Å². The van der Waals surface area contributed by atoms with Crippen molar-refractivity contribution in [2.24, 2.45) is 0 Å². The SMILES string of the molecule is c1ccc(-c2cc(-n3c4ccccc4c4ccccc43)nc(-n3c4ccccc4c4cc([Si](c5ccccc5)(c5ccccc5)c5ccccc5)ccc43)n2)cc1. The molecule has 0 unspecified atom stereocenters. The quantitative estimate of drug-likeness (QED) is 0.120. The minimum absolute atomic E-state index is 0.629.